The summed E-state index contributed by atoms with van der Waals surface area (Å²) in [6.45, 7) is 2.06. The molecule has 1 heterocycles. The Morgan fingerprint density at radius 3 is 2.83 bits per heavy atom. The van der Waals surface area contributed by atoms with E-state index in [0.717, 1.165) is 26.9 Å². The molecule has 18 heavy (non-hydrogen) atoms. The summed E-state index contributed by atoms with van der Waals surface area (Å²) in [6, 6.07) is 11.8. The molecule has 90 valence electrons. The Labute approximate surface area is 118 Å². The zero-order valence-electron chi connectivity index (χ0n) is 9.67. The largest absolute Gasteiger partial charge is 0.338 e. The fourth-order valence-electron chi connectivity index (χ4n) is 1.93. The van der Waals surface area contributed by atoms with Crippen molar-refractivity contribution in [2.75, 3.05) is 0 Å². The molecule has 3 rings (SSSR count). The molecule has 0 spiro atoms. The van der Waals surface area contributed by atoms with Gasteiger partial charge in [0.25, 0.3) is 0 Å². The predicted molar refractivity (Wildman–Crippen MR) is 79.0 cm³/mol. The van der Waals surface area contributed by atoms with Gasteiger partial charge in [-0.3, -0.25) is 0 Å². The van der Waals surface area contributed by atoms with E-state index in [1.165, 1.54) is 5.56 Å². The van der Waals surface area contributed by atoms with Crippen molar-refractivity contribution in [1.82, 2.24) is 9.97 Å². The second kappa shape index (κ2) is 4.41. The zero-order valence-corrected chi connectivity index (χ0v) is 12.0. The highest BCUT2D eigenvalue weighted by molar-refractivity contribution is 9.10. The molecule has 0 radical (unpaired) electrons. The molecule has 0 aliphatic heterocycles. The molecule has 0 amide bonds. The smallest absolute Gasteiger partial charge is 0.139 e. The monoisotopic (exact) mass is 320 g/mol. The third-order valence-electron chi connectivity index (χ3n) is 2.82. The highest BCUT2D eigenvalue weighted by atomic mass is 79.9. The number of halogens is 2. The Morgan fingerprint density at radius 2 is 2.00 bits per heavy atom. The third-order valence-corrected chi connectivity index (χ3v) is 3.75. The molecule has 0 saturated heterocycles. The summed E-state index contributed by atoms with van der Waals surface area (Å²) in [5, 5.41) is 0.709. The van der Waals surface area contributed by atoms with E-state index >= 15 is 0 Å². The number of aromatic nitrogens is 2. The molecule has 0 aliphatic carbocycles. The van der Waals surface area contributed by atoms with Crippen molar-refractivity contribution in [2.24, 2.45) is 0 Å². The van der Waals surface area contributed by atoms with Crippen molar-refractivity contribution in [2.45, 2.75) is 6.92 Å². The lowest BCUT2D eigenvalue weighted by molar-refractivity contribution is 1.31. The number of hydrogen-bond acceptors (Lipinski definition) is 1. The minimum absolute atomic E-state index is 0.709. The van der Waals surface area contributed by atoms with E-state index in [1.807, 2.05) is 24.3 Å². The Balaban J connectivity index is 2.22. The molecule has 1 N–H and O–H groups in total. The van der Waals surface area contributed by atoms with Crippen LogP contribution in [0.5, 0.6) is 0 Å². The van der Waals surface area contributed by atoms with Crippen molar-refractivity contribution in [3.8, 4) is 11.4 Å². The minimum Gasteiger partial charge on any atom is -0.338 e. The summed E-state index contributed by atoms with van der Waals surface area (Å²) in [5.41, 5.74) is 4.13. The third kappa shape index (κ3) is 2.04. The second-order valence-corrected chi connectivity index (χ2v) is 5.52. The summed E-state index contributed by atoms with van der Waals surface area (Å²) < 4.78 is 1.03. The molecule has 0 fully saturated rings. The number of fused-ring (bicyclic) bond motifs is 1. The lowest BCUT2D eigenvalue weighted by atomic mass is 10.1. The Bertz CT molecular complexity index is 734. The summed E-state index contributed by atoms with van der Waals surface area (Å²) in [7, 11) is 0. The van der Waals surface area contributed by atoms with E-state index in [1.54, 1.807) is 0 Å². The van der Waals surface area contributed by atoms with E-state index in [-0.39, 0.29) is 0 Å². The van der Waals surface area contributed by atoms with Crippen LogP contribution in [0.1, 0.15) is 5.56 Å². The van der Waals surface area contributed by atoms with Crippen molar-refractivity contribution in [1.29, 1.82) is 0 Å². The number of benzene rings is 2. The first-order chi connectivity index (χ1) is 8.63. The van der Waals surface area contributed by atoms with Crippen LogP contribution in [0.25, 0.3) is 22.4 Å². The van der Waals surface area contributed by atoms with E-state index < -0.39 is 0 Å². The highest BCUT2D eigenvalue weighted by Crippen LogP contribution is 2.29. The Morgan fingerprint density at radius 1 is 1.17 bits per heavy atom. The van der Waals surface area contributed by atoms with E-state index in [9.17, 15) is 0 Å². The molecule has 2 aromatic carbocycles. The number of rotatable bonds is 1. The minimum atomic E-state index is 0.709. The number of imidazole rings is 1. The van der Waals surface area contributed by atoms with Crippen LogP contribution in [0.4, 0.5) is 0 Å². The molecule has 0 saturated carbocycles. The topological polar surface area (TPSA) is 28.7 Å². The number of hydrogen-bond donors (Lipinski definition) is 1. The van der Waals surface area contributed by atoms with Gasteiger partial charge in [0.1, 0.15) is 5.82 Å². The number of aromatic amines is 1. The fraction of sp³-hybridized carbons (Fsp3) is 0.0714. The fourth-order valence-corrected chi connectivity index (χ4v) is 2.54. The second-order valence-electron chi connectivity index (χ2n) is 4.23. The Kier molecular flexibility index (Phi) is 2.88. The van der Waals surface area contributed by atoms with Gasteiger partial charge in [-0.05, 0) is 37.3 Å². The van der Waals surface area contributed by atoms with Gasteiger partial charge >= 0.3 is 0 Å². The number of aryl methyl sites for hydroxylation is 1. The molecule has 1 aromatic heterocycles. The molecule has 0 atom stereocenters. The van der Waals surface area contributed by atoms with Crippen molar-refractivity contribution >= 4 is 38.6 Å². The molecule has 4 heteroatoms. The quantitative estimate of drug-likeness (QED) is 0.674. The maximum atomic E-state index is 5.97. The van der Waals surface area contributed by atoms with Crippen LogP contribution in [0, 0.1) is 6.92 Å². The van der Waals surface area contributed by atoms with Gasteiger partial charge in [0.2, 0.25) is 0 Å². The normalized spacial score (nSPS) is 11.1. The zero-order chi connectivity index (χ0) is 12.7. The van der Waals surface area contributed by atoms with Crippen LogP contribution in [0.2, 0.25) is 5.02 Å². The Hall–Kier alpha value is -1.32. The lowest BCUT2D eigenvalue weighted by Crippen LogP contribution is -1.83. The standard InChI is InChI=1S/C14H10BrClN2/c1-8-2-4-11(15)10(6-8)14-17-12-5-3-9(16)7-13(12)18-14/h2-7H,1H3,(H,17,18). The van der Waals surface area contributed by atoms with Gasteiger partial charge in [0.15, 0.2) is 0 Å². The number of H-pyrrole nitrogens is 1. The molecule has 0 aliphatic rings. The summed E-state index contributed by atoms with van der Waals surface area (Å²) in [5.74, 6) is 0.850. The maximum Gasteiger partial charge on any atom is 0.139 e. The van der Waals surface area contributed by atoms with Crippen molar-refractivity contribution < 1.29 is 0 Å². The average Bonchev–Trinajstić information content (AvgIpc) is 2.74. The van der Waals surface area contributed by atoms with Crippen LogP contribution < -0.4 is 0 Å². The van der Waals surface area contributed by atoms with Crippen LogP contribution >= 0.6 is 27.5 Å². The average molecular weight is 322 g/mol. The van der Waals surface area contributed by atoms with Gasteiger partial charge in [0.05, 0.1) is 11.0 Å². The first kappa shape index (κ1) is 11.8. The maximum absolute atomic E-state index is 5.97. The number of nitrogens with one attached hydrogen (secondary N) is 1. The van der Waals surface area contributed by atoms with Gasteiger partial charge in [-0.25, -0.2) is 4.98 Å². The van der Waals surface area contributed by atoms with Crippen molar-refractivity contribution in [3.63, 3.8) is 0 Å². The van der Waals surface area contributed by atoms with E-state index in [2.05, 4.69) is 45.0 Å². The molecule has 0 bridgehead atoms. The predicted octanol–water partition coefficient (Wildman–Crippen LogP) is 4.95. The first-order valence-electron chi connectivity index (χ1n) is 5.55. The van der Waals surface area contributed by atoms with E-state index in [4.69, 9.17) is 11.6 Å². The van der Waals surface area contributed by atoms with Crippen LogP contribution in [-0.4, -0.2) is 9.97 Å². The lowest BCUT2D eigenvalue weighted by Gasteiger charge is -2.01. The molecule has 3 aromatic rings. The van der Waals surface area contributed by atoms with Gasteiger partial charge in [-0.15, -0.1) is 0 Å². The van der Waals surface area contributed by atoms with Crippen LogP contribution in [0.3, 0.4) is 0 Å². The number of nitrogens with zero attached hydrogens (tertiary/aromatic N) is 1. The van der Waals surface area contributed by atoms with Gasteiger partial charge in [-0.2, -0.15) is 0 Å². The molecule has 0 unspecified atom stereocenters. The molecular formula is C14H10BrClN2. The SMILES string of the molecule is Cc1ccc(Br)c(-c2nc3ccc(Cl)cc3[nH]2)c1. The summed E-state index contributed by atoms with van der Waals surface area (Å²) in [4.78, 5) is 7.88. The summed E-state index contributed by atoms with van der Waals surface area (Å²) in [6.07, 6.45) is 0. The van der Waals surface area contributed by atoms with Crippen LogP contribution in [0.15, 0.2) is 40.9 Å². The van der Waals surface area contributed by atoms with Gasteiger partial charge < -0.3 is 4.98 Å². The molecule has 2 nitrogen and oxygen atoms in total. The van der Waals surface area contributed by atoms with Gasteiger partial charge in [0, 0.05) is 15.1 Å². The first-order valence-corrected chi connectivity index (χ1v) is 6.72. The van der Waals surface area contributed by atoms with Gasteiger partial charge in [-0.1, -0.05) is 39.2 Å². The molecular weight excluding hydrogens is 312 g/mol. The van der Waals surface area contributed by atoms with Crippen molar-refractivity contribution in [3.05, 3.63) is 51.5 Å². The van der Waals surface area contributed by atoms with Crippen LogP contribution in [-0.2, 0) is 0 Å². The van der Waals surface area contributed by atoms with E-state index in [0.29, 0.717) is 5.02 Å². The summed E-state index contributed by atoms with van der Waals surface area (Å²) >= 11 is 9.53. The highest BCUT2D eigenvalue weighted by Gasteiger charge is 2.09.